The lowest BCUT2D eigenvalue weighted by molar-refractivity contribution is -0.133. The number of carbonyl (C=O) groups excluding carboxylic acids is 1. The number of piperazine rings is 1. The van der Waals surface area contributed by atoms with Crippen molar-refractivity contribution in [1.29, 1.82) is 0 Å². The van der Waals surface area contributed by atoms with E-state index in [2.05, 4.69) is 29.3 Å². The van der Waals surface area contributed by atoms with Crippen LogP contribution in [0.2, 0.25) is 0 Å². The van der Waals surface area contributed by atoms with Gasteiger partial charge in [-0.2, -0.15) is 0 Å². The van der Waals surface area contributed by atoms with Crippen LogP contribution in [0.15, 0.2) is 54.0 Å². The second-order valence-electron chi connectivity index (χ2n) is 6.74. The van der Waals surface area contributed by atoms with E-state index in [1.807, 2.05) is 46.0 Å². The molecule has 0 bridgehead atoms. The molecule has 5 nitrogen and oxygen atoms in total. The zero-order chi connectivity index (χ0) is 18.6. The van der Waals surface area contributed by atoms with Gasteiger partial charge in [0.2, 0.25) is 5.91 Å². The molecule has 0 spiro atoms. The minimum Gasteiger partial charge on any atom is -0.339 e. The number of amides is 1. The third-order valence-electron chi connectivity index (χ3n) is 5.10. The monoisotopic (exact) mass is 380 g/mol. The molecule has 1 aliphatic rings. The first kappa shape index (κ1) is 17.9. The number of carbonyl (C=O) groups is 1. The molecule has 1 fully saturated rings. The van der Waals surface area contributed by atoms with Crippen LogP contribution >= 0.6 is 11.3 Å². The summed E-state index contributed by atoms with van der Waals surface area (Å²) in [6.07, 6.45) is 1.97. The van der Waals surface area contributed by atoms with Crippen molar-refractivity contribution in [3.63, 3.8) is 0 Å². The van der Waals surface area contributed by atoms with Gasteiger partial charge in [0.25, 0.3) is 0 Å². The van der Waals surface area contributed by atoms with E-state index in [0.717, 1.165) is 54.7 Å². The van der Waals surface area contributed by atoms with Gasteiger partial charge in [0.05, 0.1) is 11.4 Å². The number of benzene rings is 1. The second kappa shape index (κ2) is 8.06. The Balaban J connectivity index is 1.47. The molecule has 1 aromatic carbocycles. The number of likely N-dealkylation sites (N-methyl/N-ethyl adjacent to an activating group) is 1. The average molecular weight is 381 g/mol. The first-order chi connectivity index (χ1) is 13.2. The normalized spacial score (nSPS) is 15.2. The molecule has 0 unspecified atom stereocenters. The van der Waals surface area contributed by atoms with Gasteiger partial charge in [0.1, 0.15) is 11.6 Å². The molecule has 1 amide bonds. The molecule has 3 aromatic rings. The van der Waals surface area contributed by atoms with Crippen molar-refractivity contribution < 1.29 is 4.79 Å². The van der Waals surface area contributed by atoms with Gasteiger partial charge in [-0.05, 0) is 18.7 Å². The van der Waals surface area contributed by atoms with Crippen molar-refractivity contribution in [1.82, 2.24) is 19.4 Å². The van der Waals surface area contributed by atoms with Crippen molar-refractivity contribution in [2.75, 3.05) is 32.7 Å². The molecule has 6 heteroatoms. The van der Waals surface area contributed by atoms with Crippen molar-refractivity contribution in [2.45, 2.75) is 13.5 Å². The van der Waals surface area contributed by atoms with Crippen LogP contribution in [0.4, 0.5) is 0 Å². The Hall–Kier alpha value is -2.44. The van der Waals surface area contributed by atoms with Crippen LogP contribution in [0, 0.1) is 0 Å². The lowest BCUT2D eigenvalue weighted by Crippen LogP contribution is -2.49. The van der Waals surface area contributed by atoms with E-state index in [4.69, 9.17) is 4.98 Å². The number of hydrogen-bond acceptors (Lipinski definition) is 4. The van der Waals surface area contributed by atoms with E-state index in [9.17, 15) is 4.79 Å². The van der Waals surface area contributed by atoms with Crippen LogP contribution in [0.1, 0.15) is 6.92 Å². The SMILES string of the molecule is CCN1CCN(C(=O)Cn2cccc2-c2nc(-c3ccccc3)cs2)CC1. The third kappa shape index (κ3) is 3.96. The van der Waals surface area contributed by atoms with Gasteiger partial charge in [-0.15, -0.1) is 11.3 Å². The molecule has 140 valence electrons. The summed E-state index contributed by atoms with van der Waals surface area (Å²) in [6, 6.07) is 14.2. The summed E-state index contributed by atoms with van der Waals surface area (Å²) in [4.78, 5) is 21.9. The molecule has 4 rings (SSSR count). The Bertz CT molecular complexity index is 894. The molecule has 27 heavy (non-hydrogen) atoms. The second-order valence-corrected chi connectivity index (χ2v) is 7.60. The Labute approximate surface area is 163 Å². The van der Waals surface area contributed by atoms with Gasteiger partial charge in [-0.1, -0.05) is 37.3 Å². The van der Waals surface area contributed by atoms with Gasteiger partial charge < -0.3 is 14.4 Å². The highest BCUT2D eigenvalue weighted by Crippen LogP contribution is 2.29. The zero-order valence-electron chi connectivity index (χ0n) is 15.5. The maximum Gasteiger partial charge on any atom is 0.242 e. The van der Waals surface area contributed by atoms with Gasteiger partial charge >= 0.3 is 0 Å². The van der Waals surface area contributed by atoms with Crippen LogP contribution in [-0.2, 0) is 11.3 Å². The molecular weight excluding hydrogens is 356 g/mol. The van der Waals surface area contributed by atoms with Crippen molar-refractivity contribution >= 4 is 17.2 Å². The number of nitrogens with zero attached hydrogens (tertiary/aromatic N) is 4. The Kier molecular flexibility index (Phi) is 5.36. The van der Waals surface area contributed by atoms with Gasteiger partial charge in [0.15, 0.2) is 0 Å². The molecule has 2 aromatic heterocycles. The predicted octanol–water partition coefficient (Wildman–Crippen LogP) is 3.44. The van der Waals surface area contributed by atoms with Crippen LogP contribution in [0.3, 0.4) is 0 Å². The Morgan fingerprint density at radius 1 is 1.07 bits per heavy atom. The summed E-state index contributed by atoms with van der Waals surface area (Å²) in [5.74, 6) is 0.183. The maximum atomic E-state index is 12.7. The molecule has 0 aliphatic carbocycles. The van der Waals surface area contributed by atoms with E-state index >= 15 is 0 Å². The topological polar surface area (TPSA) is 41.4 Å². The highest BCUT2D eigenvalue weighted by Gasteiger charge is 2.21. The summed E-state index contributed by atoms with van der Waals surface area (Å²) in [6.45, 7) is 7.16. The van der Waals surface area contributed by atoms with E-state index in [1.165, 1.54) is 0 Å². The van der Waals surface area contributed by atoms with Crippen LogP contribution < -0.4 is 0 Å². The lowest BCUT2D eigenvalue weighted by atomic mass is 10.2. The van der Waals surface area contributed by atoms with E-state index < -0.39 is 0 Å². The number of thiazole rings is 1. The molecule has 0 saturated carbocycles. The first-order valence-corrected chi connectivity index (χ1v) is 10.3. The molecule has 0 atom stereocenters. The highest BCUT2D eigenvalue weighted by atomic mass is 32.1. The standard InChI is InChI=1S/C21H24N4OS/c1-2-23-11-13-24(14-12-23)20(26)15-25-10-6-9-19(25)21-22-18(16-27-21)17-7-4-3-5-8-17/h3-10,16H,2,11-15H2,1H3. The number of aromatic nitrogens is 2. The summed E-state index contributed by atoms with van der Waals surface area (Å²) < 4.78 is 2.02. The molecule has 3 heterocycles. The third-order valence-corrected chi connectivity index (χ3v) is 5.97. The summed E-state index contributed by atoms with van der Waals surface area (Å²) >= 11 is 1.62. The van der Waals surface area contributed by atoms with Crippen molar-refractivity contribution in [3.05, 3.63) is 54.0 Å². The van der Waals surface area contributed by atoms with Gasteiger partial charge in [0, 0.05) is 43.3 Å². The van der Waals surface area contributed by atoms with Crippen molar-refractivity contribution in [3.8, 4) is 22.0 Å². The number of rotatable bonds is 5. The fourth-order valence-corrected chi connectivity index (χ4v) is 4.31. The molecule has 0 radical (unpaired) electrons. The Morgan fingerprint density at radius 3 is 2.59 bits per heavy atom. The fraction of sp³-hybridized carbons (Fsp3) is 0.333. The van der Waals surface area contributed by atoms with Crippen LogP contribution in [0.5, 0.6) is 0 Å². The molecule has 1 saturated heterocycles. The summed E-state index contributed by atoms with van der Waals surface area (Å²) in [5.41, 5.74) is 3.09. The minimum absolute atomic E-state index is 0.183. The van der Waals surface area contributed by atoms with Crippen LogP contribution in [-0.4, -0.2) is 58.0 Å². The summed E-state index contributed by atoms with van der Waals surface area (Å²) in [7, 11) is 0. The average Bonchev–Trinajstić information content (AvgIpc) is 3.38. The summed E-state index contributed by atoms with van der Waals surface area (Å²) in [5, 5.41) is 3.02. The van der Waals surface area contributed by atoms with Crippen molar-refractivity contribution in [2.24, 2.45) is 0 Å². The van der Waals surface area contributed by atoms with Gasteiger partial charge in [-0.25, -0.2) is 4.98 Å². The van der Waals surface area contributed by atoms with Crippen LogP contribution in [0.25, 0.3) is 22.0 Å². The predicted molar refractivity (Wildman–Crippen MR) is 110 cm³/mol. The highest BCUT2D eigenvalue weighted by molar-refractivity contribution is 7.13. The van der Waals surface area contributed by atoms with E-state index in [0.29, 0.717) is 6.54 Å². The zero-order valence-corrected chi connectivity index (χ0v) is 16.4. The maximum absolute atomic E-state index is 12.7. The number of hydrogen-bond donors (Lipinski definition) is 0. The lowest BCUT2D eigenvalue weighted by Gasteiger charge is -2.34. The quantitative estimate of drug-likeness (QED) is 0.681. The smallest absolute Gasteiger partial charge is 0.242 e. The largest absolute Gasteiger partial charge is 0.339 e. The van der Waals surface area contributed by atoms with E-state index in [-0.39, 0.29) is 5.91 Å². The Morgan fingerprint density at radius 2 is 1.85 bits per heavy atom. The van der Waals surface area contributed by atoms with Gasteiger partial charge in [-0.3, -0.25) is 4.79 Å². The fourth-order valence-electron chi connectivity index (χ4n) is 3.44. The minimum atomic E-state index is 0.183. The van der Waals surface area contributed by atoms with E-state index in [1.54, 1.807) is 11.3 Å². The first-order valence-electron chi connectivity index (χ1n) is 9.41. The molecule has 0 N–H and O–H groups in total. The molecular formula is C21H24N4OS. The molecule has 1 aliphatic heterocycles.